The minimum absolute atomic E-state index is 0.113. The first-order valence-electron chi connectivity index (χ1n) is 11.4. The molecule has 0 aromatic carbocycles. The summed E-state index contributed by atoms with van der Waals surface area (Å²) in [5.74, 6) is -3.05. The molecule has 0 aliphatic carbocycles. The number of carboxylic acid groups (broad SMARTS) is 1. The lowest BCUT2D eigenvalue weighted by atomic mass is 10.1. The van der Waals surface area contributed by atoms with Gasteiger partial charge in [-0.1, -0.05) is 32.6 Å². The molecule has 0 saturated heterocycles. The Balaban J connectivity index is 4.98. The minimum Gasteiger partial charge on any atom is -0.480 e. The van der Waals surface area contributed by atoms with Crippen molar-refractivity contribution in [3.63, 3.8) is 0 Å². The van der Waals surface area contributed by atoms with Gasteiger partial charge < -0.3 is 37.6 Å². The molecule has 0 aromatic heterocycles. The lowest BCUT2D eigenvalue weighted by Crippen LogP contribution is -2.59. The number of aliphatic carboxylic acids is 1. The summed E-state index contributed by atoms with van der Waals surface area (Å²) in [4.78, 5) is 48.8. The predicted molar refractivity (Wildman–Crippen MR) is 120 cm³/mol. The Hall–Kier alpha value is -2.24. The lowest BCUT2D eigenvalue weighted by Gasteiger charge is -2.26. The normalized spacial score (nSPS) is 14.7. The number of carboxylic acids is 1. The molecule has 11 nitrogen and oxygen atoms in total. The summed E-state index contributed by atoms with van der Waals surface area (Å²) < 4.78 is 0. The monoisotopic (exact) mass is 459 g/mol. The molecule has 0 spiro atoms. The van der Waals surface area contributed by atoms with Gasteiger partial charge >= 0.3 is 5.97 Å². The molecule has 3 amide bonds. The molecule has 0 saturated carbocycles. The van der Waals surface area contributed by atoms with Crippen LogP contribution in [0, 0.1) is 0 Å². The van der Waals surface area contributed by atoms with Crippen molar-refractivity contribution < 1.29 is 29.4 Å². The highest BCUT2D eigenvalue weighted by molar-refractivity contribution is 5.93. The number of carbonyl (C=O) groups is 4. The van der Waals surface area contributed by atoms with Crippen LogP contribution in [-0.4, -0.2) is 71.2 Å². The zero-order valence-electron chi connectivity index (χ0n) is 19.3. The van der Waals surface area contributed by atoms with E-state index in [9.17, 15) is 29.4 Å². The van der Waals surface area contributed by atoms with Crippen LogP contribution in [-0.2, 0) is 19.2 Å². The molecule has 0 rings (SSSR count). The average molecular weight is 460 g/mol. The van der Waals surface area contributed by atoms with E-state index in [1.54, 1.807) is 0 Å². The molecule has 0 aromatic rings. The first-order chi connectivity index (χ1) is 15.2. The summed E-state index contributed by atoms with van der Waals surface area (Å²) in [7, 11) is 0. The first-order valence-corrected chi connectivity index (χ1v) is 11.4. The van der Waals surface area contributed by atoms with Gasteiger partial charge in [0.25, 0.3) is 0 Å². The highest BCUT2D eigenvalue weighted by Crippen LogP contribution is 2.06. The van der Waals surface area contributed by atoms with Crippen LogP contribution in [0.2, 0.25) is 0 Å². The third kappa shape index (κ3) is 12.6. The molecule has 0 aliphatic rings. The van der Waals surface area contributed by atoms with Crippen molar-refractivity contribution in [2.45, 2.75) is 95.9 Å². The zero-order chi connectivity index (χ0) is 24.5. The van der Waals surface area contributed by atoms with Gasteiger partial charge in [-0.05, 0) is 45.7 Å². The number of rotatable bonds is 18. The van der Waals surface area contributed by atoms with Crippen LogP contribution in [0.4, 0.5) is 0 Å². The van der Waals surface area contributed by atoms with Crippen molar-refractivity contribution in [3.8, 4) is 0 Å². The number of amides is 3. The second-order valence-electron chi connectivity index (χ2n) is 7.92. The third-order valence-corrected chi connectivity index (χ3v) is 4.99. The van der Waals surface area contributed by atoms with Crippen molar-refractivity contribution in [3.05, 3.63) is 0 Å². The van der Waals surface area contributed by atoms with E-state index in [0.29, 0.717) is 12.8 Å². The molecule has 0 bridgehead atoms. The molecular weight excluding hydrogens is 418 g/mol. The summed E-state index contributed by atoms with van der Waals surface area (Å²) in [6, 6.07) is -3.56. The number of hydrogen-bond acceptors (Lipinski definition) is 7. The number of nitrogens with one attached hydrogen (secondary N) is 3. The number of hydrogen-bond donors (Lipinski definition) is 7. The smallest absolute Gasteiger partial charge is 0.326 e. The Morgan fingerprint density at radius 3 is 2.00 bits per heavy atom. The molecule has 0 aliphatic heterocycles. The molecule has 9 N–H and O–H groups in total. The number of unbranched alkanes of at least 4 members (excludes halogenated alkanes) is 4. The van der Waals surface area contributed by atoms with E-state index in [1.165, 1.54) is 6.92 Å². The van der Waals surface area contributed by atoms with E-state index in [4.69, 9.17) is 11.5 Å². The quantitative estimate of drug-likeness (QED) is 0.131. The minimum atomic E-state index is -1.39. The van der Waals surface area contributed by atoms with Gasteiger partial charge in [0.05, 0.1) is 6.10 Å². The fourth-order valence-corrected chi connectivity index (χ4v) is 3.09. The Morgan fingerprint density at radius 2 is 1.47 bits per heavy atom. The molecule has 4 atom stereocenters. The Kier molecular flexibility index (Phi) is 16.1. The number of aliphatic hydroxyl groups is 1. The number of nitrogens with two attached hydrogens (primary N) is 2. The molecule has 0 fully saturated rings. The van der Waals surface area contributed by atoms with Gasteiger partial charge in [0.15, 0.2) is 0 Å². The Labute approximate surface area is 190 Å². The Bertz CT molecular complexity index is 587. The number of carbonyl (C=O) groups excluding carboxylic acids is 3. The second kappa shape index (κ2) is 17.3. The largest absolute Gasteiger partial charge is 0.480 e. The first kappa shape index (κ1) is 29.8. The van der Waals surface area contributed by atoms with Crippen LogP contribution >= 0.6 is 0 Å². The molecule has 0 radical (unpaired) electrons. The van der Waals surface area contributed by atoms with Gasteiger partial charge in [-0.3, -0.25) is 14.4 Å². The molecule has 32 heavy (non-hydrogen) atoms. The summed E-state index contributed by atoms with van der Waals surface area (Å²) in [5.41, 5.74) is 10.9. The standard InChI is InChI=1S/C21H41N5O6/c1-3-4-5-6-7-10-17(28)24-15(11-13-23)19(29)26-18(14(2)27)20(30)25-16(21(31)32)9-8-12-22/h14-16,18,27H,3-13,22-23H2,1-2H3,(H,24,28)(H,25,30)(H,26,29)(H,31,32)/t14-,15+,16+,18+/m1/s1. The van der Waals surface area contributed by atoms with Crippen LogP contribution in [0.15, 0.2) is 0 Å². The van der Waals surface area contributed by atoms with Crippen LogP contribution < -0.4 is 27.4 Å². The molecule has 186 valence electrons. The van der Waals surface area contributed by atoms with Gasteiger partial charge in [0.2, 0.25) is 17.7 Å². The van der Waals surface area contributed by atoms with Gasteiger partial charge in [0, 0.05) is 6.42 Å². The van der Waals surface area contributed by atoms with E-state index in [-0.39, 0.29) is 38.3 Å². The fourth-order valence-electron chi connectivity index (χ4n) is 3.09. The highest BCUT2D eigenvalue weighted by Gasteiger charge is 2.31. The van der Waals surface area contributed by atoms with E-state index < -0.39 is 42.0 Å². The maximum absolute atomic E-state index is 12.7. The van der Waals surface area contributed by atoms with Crippen LogP contribution in [0.1, 0.15) is 71.6 Å². The van der Waals surface area contributed by atoms with Crippen LogP contribution in [0.25, 0.3) is 0 Å². The molecular formula is C21H41N5O6. The van der Waals surface area contributed by atoms with Crippen molar-refractivity contribution >= 4 is 23.7 Å². The maximum atomic E-state index is 12.7. The SMILES string of the molecule is CCCCCCCC(=O)N[C@@H](CCN)C(=O)N[C@H](C(=O)N[C@@H](CCCN)C(=O)O)[C@@H](C)O. The molecule has 0 heterocycles. The van der Waals surface area contributed by atoms with Crippen LogP contribution in [0.5, 0.6) is 0 Å². The summed E-state index contributed by atoms with van der Waals surface area (Å²) in [5, 5.41) is 26.6. The van der Waals surface area contributed by atoms with Gasteiger partial charge in [-0.2, -0.15) is 0 Å². The zero-order valence-corrected chi connectivity index (χ0v) is 19.3. The van der Waals surface area contributed by atoms with Crippen molar-refractivity contribution in [1.82, 2.24) is 16.0 Å². The van der Waals surface area contributed by atoms with Crippen molar-refractivity contribution in [1.29, 1.82) is 0 Å². The Morgan fingerprint density at radius 1 is 0.812 bits per heavy atom. The fraction of sp³-hybridized carbons (Fsp3) is 0.810. The molecule has 11 heteroatoms. The third-order valence-electron chi connectivity index (χ3n) is 4.99. The van der Waals surface area contributed by atoms with E-state index in [0.717, 1.165) is 25.7 Å². The topological polar surface area (TPSA) is 197 Å². The van der Waals surface area contributed by atoms with Crippen molar-refractivity contribution in [2.75, 3.05) is 13.1 Å². The average Bonchev–Trinajstić information content (AvgIpc) is 2.73. The van der Waals surface area contributed by atoms with E-state index >= 15 is 0 Å². The lowest BCUT2D eigenvalue weighted by molar-refractivity contribution is -0.143. The number of aliphatic hydroxyl groups excluding tert-OH is 1. The van der Waals surface area contributed by atoms with Crippen LogP contribution in [0.3, 0.4) is 0 Å². The highest BCUT2D eigenvalue weighted by atomic mass is 16.4. The van der Waals surface area contributed by atoms with Gasteiger partial charge in [0.1, 0.15) is 18.1 Å². The maximum Gasteiger partial charge on any atom is 0.326 e. The summed E-state index contributed by atoms with van der Waals surface area (Å²) in [6.45, 7) is 3.79. The second-order valence-corrected chi connectivity index (χ2v) is 7.92. The van der Waals surface area contributed by atoms with E-state index in [2.05, 4.69) is 22.9 Å². The predicted octanol–water partition coefficient (Wildman–Crippen LogP) is -0.646. The van der Waals surface area contributed by atoms with Gasteiger partial charge in [-0.25, -0.2) is 4.79 Å². The van der Waals surface area contributed by atoms with E-state index in [1.807, 2.05) is 0 Å². The van der Waals surface area contributed by atoms with Gasteiger partial charge in [-0.15, -0.1) is 0 Å². The van der Waals surface area contributed by atoms with Crippen molar-refractivity contribution in [2.24, 2.45) is 11.5 Å². The molecule has 0 unspecified atom stereocenters. The summed E-state index contributed by atoms with van der Waals surface area (Å²) >= 11 is 0. The summed E-state index contributed by atoms with van der Waals surface area (Å²) in [6.07, 6.45) is 4.51.